The monoisotopic (exact) mass is 329 g/mol. The summed E-state index contributed by atoms with van der Waals surface area (Å²) in [6.07, 6.45) is 0. The average Bonchev–Trinajstić information content (AvgIpc) is 2.97. The summed E-state index contributed by atoms with van der Waals surface area (Å²) in [4.78, 5) is 10.5. The zero-order valence-corrected chi connectivity index (χ0v) is 14.4. The van der Waals surface area contributed by atoms with Crippen LogP contribution < -0.4 is 4.90 Å². The summed E-state index contributed by atoms with van der Waals surface area (Å²) in [5.41, 5.74) is -0.205. The SMILES string of the molecule is CN(C)c1nc(CS(=O)Cc2noc(C(C)(C)C)n2)ns1. The molecule has 0 saturated heterocycles. The molecule has 0 fully saturated rings. The van der Waals surface area contributed by atoms with Gasteiger partial charge >= 0.3 is 0 Å². The Bertz CT molecular complexity index is 630. The molecule has 0 aliphatic rings. The molecule has 9 heteroatoms. The molecule has 1 atom stereocenters. The fourth-order valence-electron chi connectivity index (χ4n) is 1.44. The molecule has 2 heterocycles. The van der Waals surface area contributed by atoms with E-state index in [0.29, 0.717) is 23.3 Å². The van der Waals surface area contributed by atoms with Crippen molar-refractivity contribution in [3.63, 3.8) is 0 Å². The van der Waals surface area contributed by atoms with Gasteiger partial charge in [-0.15, -0.1) is 0 Å². The predicted molar refractivity (Wildman–Crippen MR) is 82.8 cm³/mol. The Hall–Kier alpha value is -1.35. The number of anilines is 1. The zero-order chi connectivity index (χ0) is 15.6. The Morgan fingerprint density at radius 1 is 1.19 bits per heavy atom. The number of hydrogen-bond donors (Lipinski definition) is 0. The van der Waals surface area contributed by atoms with E-state index in [4.69, 9.17) is 4.52 Å². The molecule has 0 amide bonds. The molecular weight excluding hydrogens is 310 g/mol. The van der Waals surface area contributed by atoms with Crippen LogP contribution in [0.3, 0.4) is 0 Å². The molecule has 0 bridgehead atoms. The second kappa shape index (κ2) is 6.18. The first-order valence-corrected chi connectivity index (χ1v) is 8.70. The molecule has 0 spiro atoms. The van der Waals surface area contributed by atoms with Gasteiger partial charge < -0.3 is 9.42 Å². The third-order valence-electron chi connectivity index (χ3n) is 2.53. The fourth-order valence-corrected chi connectivity index (χ4v) is 3.05. The number of nitrogens with zero attached hydrogens (tertiary/aromatic N) is 5. The summed E-state index contributed by atoms with van der Waals surface area (Å²) in [6, 6.07) is 0. The lowest BCUT2D eigenvalue weighted by atomic mass is 9.97. The molecule has 2 aromatic heterocycles. The number of hydrogen-bond acceptors (Lipinski definition) is 8. The highest BCUT2D eigenvalue weighted by atomic mass is 32.2. The maximum Gasteiger partial charge on any atom is 0.232 e. The summed E-state index contributed by atoms with van der Waals surface area (Å²) >= 11 is 1.29. The van der Waals surface area contributed by atoms with Crippen LogP contribution in [0.25, 0.3) is 0 Å². The Morgan fingerprint density at radius 2 is 1.86 bits per heavy atom. The topological polar surface area (TPSA) is 85.0 Å². The van der Waals surface area contributed by atoms with Crippen molar-refractivity contribution in [3.05, 3.63) is 17.5 Å². The lowest BCUT2D eigenvalue weighted by Gasteiger charge is -2.10. The van der Waals surface area contributed by atoms with Crippen LogP contribution >= 0.6 is 11.5 Å². The van der Waals surface area contributed by atoms with Gasteiger partial charge in [0, 0.05) is 41.8 Å². The van der Waals surface area contributed by atoms with Crippen molar-refractivity contribution in [2.75, 3.05) is 19.0 Å². The van der Waals surface area contributed by atoms with Gasteiger partial charge in [-0.1, -0.05) is 25.9 Å². The van der Waals surface area contributed by atoms with Crippen molar-refractivity contribution in [2.24, 2.45) is 0 Å². The minimum absolute atomic E-state index is 0.205. The highest BCUT2D eigenvalue weighted by Gasteiger charge is 2.22. The average molecular weight is 329 g/mol. The molecule has 0 aliphatic carbocycles. The normalized spacial score (nSPS) is 13.4. The van der Waals surface area contributed by atoms with Gasteiger partial charge in [0.25, 0.3) is 0 Å². The van der Waals surface area contributed by atoms with Crippen LogP contribution in [0.2, 0.25) is 0 Å². The van der Waals surface area contributed by atoms with Crippen LogP contribution in [0, 0.1) is 0 Å². The van der Waals surface area contributed by atoms with E-state index in [1.807, 2.05) is 39.8 Å². The van der Waals surface area contributed by atoms with Gasteiger partial charge in [0.1, 0.15) is 0 Å². The molecule has 2 aromatic rings. The predicted octanol–water partition coefficient (Wildman–Crippen LogP) is 1.73. The molecule has 21 heavy (non-hydrogen) atoms. The van der Waals surface area contributed by atoms with Gasteiger partial charge in [0.05, 0.1) is 11.5 Å². The minimum atomic E-state index is -1.16. The van der Waals surface area contributed by atoms with E-state index in [9.17, 15) is 4.21 Å². The van der Waals surface area contributed by atoms with Gasteiger partial charge in [0.2, 0.25) is 11.0 Å². The summed E-state index contributed by atoms with van der Waals surface area (Å²) in [7, 11) is 2.64. The van der Waals surface area contributed by atoms with Crippen LogP contribution in [-0.4, -0.2) is 37.8 Å². The molecule has 0 N–H and O–H groups in total. The third-order valence-corrected chi connectivity index (χ3v) is 4.61. The molecule has 116 valence electrons. The van der Waals surface area contributed by atoms with E-state index in [2.05, 4.69) is 19.5 Å². The number of aromatic nitrogens is 4. The van der Waals surface area contributed by atoms with Crippen LogP contribution in [0.5, 0.6) is 0 Å². The van der Waals surface area contributed by atoms with Crippen LogP contribution in [0.1, 0.15) is 38.3 Å². The van der Waals surface area contributed by atoms with E-state index in [0.717, 1.165) is 5.13 Å². The smallest absolute Gasteiger partial charge is 0.232 e. The van der Waals surface area contributed by atoms with Crippen LogP contribution in [-0.2, 0) is 27.7 Å². The van der Waals surface area contributed by atoms with E-state index >= 15 is 0 Å². The van der Waals surface area contributed by atoms with E-state index in [1.165, 1.54) is 11.5 Å². The van der Waals surface area contributed by atoms with Crippen LogP contribution in [0.15, 0.2) is 4.52 Å². The first-order chi connectivity index (χ1) is 9.75. The lowest BCUT2D eigenvalue weighted by molar-refractivity contribution is 0.319. The zero-order valence-electron chi connectivity index (χ0n) is 12.8. The molecular formula is C12H19N5O2S2. The fraction of sp³-hybridized carbons (Fsp3) is 0.667. The molecule has 1 unspecified atom stereocenters. The summed E-state index contributed by atoms with van der Waals surface area (Å²) < 4.78 is 21.5. The summed E-state index contributed by atoms with van der Waals surface area (Å²) in [5, 5.41) is 4.67. The third kappa shape index (κ3) is 4.31. The van der Waals surface area contributed by atoms with Gasteiger partial charge in [0.15, 0.2) is 11.6 Å². The molecule has 0 saturated carbocycles. The van der Waals surface area contributed by atoms with Gasteiger partial charge in [-0.25, -0.2) is 4.98 Å². The van der Waals surface area contributed by atoms with Gasteiger partial charge in [-0.3, -0.25) is 4.21 Å². The van der Waals surface area contributed by atoms with Crippen molar-refractivity contribution in [1.29, 1.82) is 0 Å². The Morgan fingerprint density at radius 3 is 2.38 bits per heavy atom. The van der Waals surface area contributed by atoms with Gasteiger partial charge in [-0.05, 0) is 0 Å². The van der Waals surface area contributed by atoms with Crippen molar-refractivity contribution >= 4 is 27.5 Å². The Balaban J connectivity index is 1.96. The van der Waals surface area contributed by atoms with Crippen LogP contribution in [0.4, 0.5) is 5.13 Å². The molecule has 0 aliphatic heterocycles. The van der Waals surface area contributed by atoms with Crippen molar-refractivity contribution in [1.82, 2.24) is 19.5 Å². The second-order valence-corrected chi connectivity index (χ2v) is 8.07. The summed E-state index contributed by atoms with van der Waals surface area (Å²) in [6.45, 7) is 5.97. The highest BCUT2D eigenvalue weighted by Crippen LogP contribution is 2.20. The molecule has 0 aromatic carbocycles. The van der Waals surface area contributed by atoms with E-state index in [1.54, 1.807) is 0 Å². The minimum Gasteiger partial charge on any atom is -0.353 e. The second-order valence-electron chi connectivity index (χ2n) is 5.88. The highest BCUT2D eigenvalue weighted by molar-refractivity contribution is 7.83. The lowest BCUT2D eigenvalue weighted by Crippen LogP contribution is -2.11. The Labute approximate surface area is 130 Å². The molecule has 2 rings (SSSR count). The largest absolute Gasteiger partial charge is 0.353 e. The standard InChI is InChI=1S/C12H19N5O2S2/c1-12(2,3)10-13-8(15-19-10)6-21(18)7-9-14-11(17(4)5)20-16-9/h6-7H2,1-5H3. The first-order valence-electron chi connectivity index (χ1n) is 6.43. The number of rotatable bonds is 5. The quantitative estimate of drug-likeness (QED) is 0.826. The van der Waals surface area contributed by atoms with E-state index in [-0.39, 0.29) is 11.2 Å². The van der Waals surface area contributed by atoms with Crippen molar-refractivity contribution in [3.8, 4) is 0 Å². The van der Waals surface area contributed by atoms with Gasteiger partial charge in [-0.2, -0.15) is 9.36 Å². The molecule has 0 radical (unpaired) electrons. The maximum atomic E-state index is 12.1. The van der Waals surface area contributed by atoms with Crippen molar-refractivity contribution < 1.29 is 8.73 Å². The first kappa shape index (κ1) is 16.0. The maximum absolute atomic E-state index is 12.1. The molecule has 7 nitrogen and oxygen atoms in total. The summed E-state index contributed by atoms with van der Waals surface area (Å²) in [5.74, 6) is 2.14. The Kier molecular flexibility index (Phi) is 4.72. The van der Waals surface area contributed by atoms with E-state index < -0.39 is 10.8 Å². The van der Waals surface area contributed by atoms with Crippen molar-refractivity contribution in [2.45, 2.75) is 37.7 Å².